The fourth-order valence-corrected chi connectivity index (χ4v) is 6.26. The number of halogens is 1. The van der Waals surface area contributed by atoms with Crippen LogP contribution in [0.3, 0.4) is 0 Å². The number of anilines is 1. The van der Waals surface area contributed by atoms with E-state index in [1.807, 2.05) is 24.5 Å². The van der Waals surface area contributed by atoms with Gasteiger partial charge in [-0.3, -0.25) is 9.48 Å². The fourth-order valence-electron chi connectivity index (χ4n) is 5.20. The van der Waals surface area contributed by atoms with Gasteiger partial charge in [-0.05, 0) is 25.0 Å². The number of hydrogen-bond donors (Lipinski definition) is 1. The minimum atomic E-state index is -0.143. The fraction of sp³-hybridized carbons (Fsp3) is 0.360. The first kappa shape index (κ1) is 24.8. The monoisotopic (exact) mass is 550 g/mol. The molecule has 1 saturated heterocycles. The number of aromatic nitrogens is 7. The number of hydrogen-bond acceptors (Lipinski definition) is 9. The number of pyridine rings is 1. The van der Waals surface area contributed by atoms with Crippen LogP contribution < -0.4 is 10.6 Å². The van der Waals surface area contributed by atoms with Gasteiger partial charge in [0.2, 0.25) is 0 Å². The van der Waals surface area contributed by atoms with Crippen LogP contribution in [0.15, 0.2) is 59.2 Å². The number of nitrogens with zero attached hydrogens (tertiary/aromatic N) is 9. The Hall–Kier alpha value is -3.48. The lowest BCUT2D eigenvalue weighted by atomic mass is 9.73. The molecular formula is C25H27ClN10OS. The number of carbonyl (C=O) groups excluding carboxylic acids is 1. The van der Waals surface area contributed by atoms with Crippen molar-refractivity contribution in [1.29, 1.82) is 0 Å². The highest BCUT2D eigenvalue weighted by Gasteiger charge is 2.47. The van der Waals surface area contributed by atoms with Crippen molar-refractivity contribution in [3.63, 3.8) is 0 Å². The number of rotatable bonds is 5. The molecule has 0 saturated carbocycles. The summed E-state index contributed by atoms with van der Waals surface area (Å²) in [5.41, 5.74) is 8.27. The Bertz CT molecular complexity index is 1480. The van der Waals surface area contributed by atoms with Crippen LogP contribution in [0.5, 0.6) is 0 Å². The zero-order valence-electron chi connectivity index (χ0n) is 21.0. The first-order valence-electron chi connectivity index (χ1n) is 12.3. The molecule has 2 N–H and O–H groups in total. The van der Waals surface area contributed by atoms with E-state index in [0.29, 0.717) is 21.4 Å². The summed E-state index contributed by atoms with van der Waals surface area (Å²) in [7, 11) is 3.38. The summed E-state index contributed by atoms with van der Waals surface area (Å²) in [6, 6.07) is 3.87. The van der Waals surface area contributed by atoms with E-state index in [0.717, 1.165) is 48.9 Å². The maximum absolute atomic E-state index is 12.2. The quantitative estimate of drug-likeness (QED) is 0.399. The molecule has 2 aliphatic rings. The highest BCUT2D eigenvalue weighted by molar-refractivity contribution is 7.99. The van der Waals surface area contributed by atoms with Gasteiger partial charge in [0.05, 0.1) is 40.9 Å². The van der Waals surface area contributed by atoms with Crippen LogP contribution in [0.2, 0.25) is 5.02 Å². The highest BCUT2D eigenvalue weighted by atomic mass is 35.5. The molecule has 4 aromatic heterocycles. The third kappa shape index (κ3) is 4.32. The van der Waals surface area contributed by atoms with E-state index in [4.69, 9.17) is 17.3 Å². The van der Waals surface area contributed by atoms with Gasteiger partial charge < -0.3 is 15.5 Å². The molecule has 1 amide bonds. The summed E-state index contributed by atoms with van der Waals surface area (Å²) in [4.78, 5) is 30.4. The molecule has 0 aliphatic carbocycles. The highest BCUT2D eigenvalue weighted by Crippen LogP contribution is 2.47. The van der Waals surface area contributed by atoms with Gasteiger partial charge in [-0.25, -0.2) is 19.6 Å². The first-order chi connectivity index (χ1) is 18.3. The number of piperidine rings is 1. The van der Waals surface area contributed by atoms with Crippen molar-refractivity contribution in [2.45, 2.75) is 35.3 Å². The third-order valence-corrected chi connectivity index (χ3v) is 8.86. The van der Waals surface area contributed by atoms with Crippen molar-refractivity contribution in [2.75, 3.05) is 32.1 Å². The molecule has 13 heteroatoms. The summed E-state index contributed by atoms with van der Waals surface area (Å²) >= 11 is 8.08. The molecule has 1 atom stereocenters. The number of carbonyl (C=O) groups is 1. The zero-order valence-corrected chi connectivity index (χ0v) is 22.6. The van der Waals surface area contributed by atoms with E-state index in [1.165, 1.54) is 27.5 Å². The number of nitrogens with two attached hydrogens (primary N) is 1. The molecule has 0 bridgehead atoms. The van der Waals surface area contributed by atoms with Crippen LogP contribution in [0.1, 0.15) is 34.9 Å². The summed E-state index contributed by atoms with van der Waals surface area (Å²) < 4.78 is 3.56. The lowest BCUT2D eigenvalue weighted by Crippen LogP contribution is -2.45. The number of fused-ring (bicyclic) bond motifs is 1. The van der Waals surface area contributed by atoms with Crippen molar-refractivity contribution >= 4 is 35.1 Å². The van der Waals surface area contributed by atoms with E-state index in [-0.39, 0.29) is 17.4 Å². The minimum Gasteiger partial charge on any atom is -0.355 e. The molecule has 2 aliphatic heterocycles. The summed E-state index contributed by atoms with van der Waals surface area (Å²) in [6.07, 6.45) is 12.1. The summed E-state index contributed by atoms with van der Waals surface area (Å²) in [6.45, 7) is 2.63. The Labute approximate surface area is 229 Å². The average Bonchev–Trinajstić information content (AvgIpc) is 3.64. The van der Waals surface area contributed by atoms with E-state index >= 15 is 0 Å². The maximum atomic E-state index is 12.2. The Morgan fingerprint density at radius 1 is 1.11 bits per heavy atom. The van der Waals surface area contributed by atoms with Crippen molar-refractivity contribution in [2.24, 2.45) is 11.1 Å². The van der Waals surface area contributed by atoms with Crippen LogP contribution in [0.4, 0.5) is 5.82 Å². The molecule has 196 valence electrons. The normalized spacial score (nSPS) is 18.1. The summed E-state index contributed by atoms with van der Waals surface area (Å²) in [5.74, 6) is 1.15. The van der Waals surface area contributed by atoms with Gasteiger partial charge in [0.15, 0.2) is 5.82 Å². The lowest BCUT2D eigenvalue weighted by molar-refractivity contribution is 0.0827. The third-order valence-electron chi connectivity index (χ3n) is 7.39. The van der Waals surface area contributed by atoms with Gasteiger partial charge in [0, 0.05) is 62.6 Å². The smallest absolute Gasteiger partial charge is 0.256 e. The molecule has 1 spiro atoms. The van der Waals surface area contributed by atoms with Crippen molar-refractivity contribution < 1.29 is 4.79 Å². The van der Waals surface area contributed by atoms with Gasteiger partial charge in [-0.2, -0.15) is 10.2 Å². The second-order valence-corrected chi connectivity index (χ2v) is 11.3. The van der Waals surface area contributed by atoms with Crippen LogP contribution in [0.25, 0.3) is 5.82 Å². The van der Waals surface area contributed by atoms with Crippen LogP contribution >= 0.6 is 23.4 Å². The van der Waals surface area contributed by atoms with Crippen molar-refractivity contribution in [1.82, 2.24) is 39.4 Å². The molecular weight excluding hydrogens is 524 g/mol. The molecule has 1 fully saturated rings. The van der Waals surface area contributed by atoms with Crippen molar-refractivity contribution in [3.05, 3.63) is 65.6 Å². The largest absolute Gasteiger partial charge is 0.355 e. The van der Waals surface area contributed by atoms with E-state index in [2.05, 4.69) is 34.7 Å². The molecule has 6 rings (SSSR count). The van der Waals surface area contributed by atoms with Gasteiger partial charge in [0.1, 0.15) is 10.8 Å². The Balaban J connectivity index is 1.12. The number of amides is 1. The SMILES string of the molecule is CN(C)C(=O)c1cnn(-c2nccc(Sc3cnc(N4CCC5(CC4)Cn4nccc4[C@H]5N)cn3)c2Cl)c1. The van der Waals surface area contributed by atoms with Gasteiger partial charge in [-0.1, -0.05) is 23.4 Å². The molecule has 6 heterocycles. The Morgan fingerprint density at radius 2 is 1.92 bits per heavy atom. The Kier molecular flexibility index (Phi) is 6.33. The zero-order chi connectivity index (χ0) is 26.4. The van der Waals surface area contributed by atoms with Crippen molar-refractivity contribution in [3.8, 4) is 5.82 Å². The Morgan fingerprint density at radius 3 is 2.63 bits per heavy atom. The van der Waals surface area contributed by atoms with E-state index < -0.39 is 0 Å². The predicted molar refractivity (Wildman–Crippen MR) is 144 cm³/mol. The lowest BCUT2D eigenvalue weighted by Gasteiger charge is -2.41. The van der Waals surface area contributed by atoms with Gasteiger partial charge in [-0.15, -0.1) is 0 Å². The molecule has 0 unspecified atom stereocenters. The second-order valence-electron chi connectivity index (χ2n) is 9.88. The molecule has 0 radical (unpaired) electrons. The van der Waals surface area contributed by atoms with Crippen LogP contribution in [-0.2, 0) is 6.54 Å². The summed E-state index contributed by atoms with van der Waals surface area (Å²) in [5, 5.41) is 9.83. The van der Waals surface area contributed by atoms with Gasteiger partial charge >= 0.3 is 0 Å². The molecule has 4 aromatic rings. The van der Waals surface area contributed by atoms with Crippen LogP contribution in [0, 0.1) is 5.41 Å². The van der Waals surface area contributed by atoms with Crippen LogP contribution in [-0.4, -0.2) is 72.5 Å². The standard InChI is InChI=1S/C25H27ClN10OS/c1-33(2)24(37)16-11-32-35(14-16)23-21(26)18(4-7-28-23)38-20-13-29-19(12-30-20)34-9-5-25(6-10-34)15-36-17(22(25)27)3-8-31-36/h3-4,7-8,11-14,22H,5-6,9-10,15,27H2,1-2H3/t22-/m1/s1. The average molecular weight is 551 g/mol. The van der Waals surface area contributed by atoms with Gasteiger partial charge in [0.25, 0.3) is 5.91 Å². The first-order valence-corrected chi connectivity index (χ1v) is 13.5. The topological polar surface area (TPSA) is 124 Å². The molecule has 0 aromatic carbocycles. The van der Waals surface area contributed by atoms with E-state index in [9.17, 15) is 4.79 Å². The van der Waals surface area contributed by atoms with E-state index in [1.54, 1.807) is 32.7 Å². The minimum absolute atomic E-state index is 0.0220. The molecule has 11 nitrogen and oxygen atoms in total. The predicted octanol–water partition coefficient (Wildman–Crippen LogP) is 3.06. The second kappa shape index (κ2) is 9.68. The molecule has 38 heavy (non-hydrogen) atoms. The maximum Gasteiger partial charge on any atom is 0.256 e.